The predicted molar refractivity (Wildman–Crippen MR) is 104 cm³/mol. The number of carbonyl (C=O) groups excluding carboxylic acids is 1. The first kappa shape index (κ1) is 22.4. The summed E-state index contributed by atoms with van der Waals surface area (Å²) in [6.45, 7) is 4.44. The molecule has 0 amide bonds. The van der Waals surface area contributed by atoms with Crippen LogP contribution in [-0.2, 0) is 16.0 Å². The Morgan fingerprint density at radius 1 is 1.21 bits per heavy atom. The van der Waals surface area contributed by atoms with Crippen molar-refractivity contribution in [2.75, 3.05) is 41.0 Å². The molecular weight excluding hydrogens is 425 g/mol. The molecule has 0 saturated carbocycles. The van der Waals surface area contributed by atoms with Crippen LogP contribution in [0.3, 0.4) is 0 Å². The minimum absolute atomic E-state index is 0. The van der Waals surface area contributed by atoms with Crippen molar-refractivity contribution in [1.29, 1.82) is 0 Å². The fourth-order valence-corrected chi connectivity index (χ4v) is 1.91. The molecule has 0 bridgehead atoms. The van der Waals surface area contributed by atoms with E-state index in [9.17, 15) is 4.79 Å². The largest absolute Gasteiger partial charge is 0.496 e. The molecule has 1 aromatic carbocycles. The Morgan fingerprint density at radius 3 is 2.54 bits per heavy atom. The molecule has 0 aromatic heterocycles. The van der Waals surface area contributed by atoms with Gasteiger partial charge >= 0.3 is 5.97 Å². The normalized spacial score (nSPS) is 10.6. The number of hydrogen-bond donors (Lipinski definition) is 2. The van der Waals surface area contributed by atoms with E-state index in [1.165, 1.54) is 14.2 Å². The lowest BCUT2D eigenvalue weighted by Gasteiger charge is -2.11. The lowest BCUT2D eigenvalue weighted by molar-refractivity contribution is 0.0597. The van der Waals surface area contributed by atoms with E-state index in [0.717, 1.165) is 12.1 Å². The van der Waals surface area contributed by atoms with Gasteiger partial charge in [-0.15, -0.1) is 24.0 Å². The summed E-state index contributed by atoms with van der Waals surface area (Å²) in [4.78, 5) is 16.3. The van der Waals surface area contributed by atoms with E-state index in [0.29, 0.717) is 37.0 Å². The van der Waals surface area contributed by atoms with E-state index in [4.69, 9.17) is 14.2 Å². The maximum Gasteiger partial charge on any atom is 0.341 e. The maximum atomic E-state index is 11.8. The second-order valence-corrected chi connectivity index (χ2v) is 4.64. The Balaban J connectivity index is 0.00000529. The van der Waals surface area contributed by atoms with E-state index in [2.05, 4.69) is 15.6 Å². The van der Waals surface area contributed by atoms with Gasteiger partial charge in [0.2, 0.25) is 0 Å². The number of nitrogens with zero attached hydrogens (tertiary/aromatic N) is 1. The first-order valence-corrected chi connectivity index (χ1v) is 7.42. The molecule has 0 saturated heterocycles. The quantitative estimate of drug-likeness (QED) is 0.206. The molecule has 24 heavy (non-hydrogen) atoms. The van der Waals surface area contributed by atoms with Gasteiger partial charge in [0.25, 0.3) is 0 Å². The molecular formula is C16H26IN3O4. The summed E-state index contributed by atoms with van der Waals surface area (Å²) in [6, 6.07) is 5.34. The number of esters is 1. The zero-order chi connectivity index (χ0) is 17.1. The smallest absolute Gasteiger partial charge is 0.341 e. The monoisotopic (exact) mass is 451 g/mol. The molecule has 0 radical (unpaired) electrons. The Bertz CT molecular complexity index is 538. The highest BCUT2D eigenvalue weighted by Gasteiger charge is 2.13. The third-order valence-corrected chi connectivity index (χ3v) is 3.03. The zero-order valence-corrected chi connectivity index (χ0v) is 16.9. The van der Waals surface area contributed by atoms with E-state index >= 15 is 0 Å². The van der Waals surface area contributed by atoms with Crippen LogP contribution in [0, 0.1) is 0 Å². The summed E-state index contributed by atoms with van der Waals surface area (Å²) in [7, 11) is 4.51. The summed E-state index contributed by atoms with van der Waals surface area (Å²) in [6.07, 6.45) is 0. The van der Waals surface area contributed by atoms with E-state index < -0.39 is 5.97 Å². The molecule has 136 valence electrons. The number of aliphatic imine (C=N–C) groups is 1. The van der Waals surface area contributed by atoms with Crippen molar-refractivity contribution in [1.82, 2.24) is 10.6 Å². The summed E-state index contributed by atoms with van der Waals surface area (Å²) < 4.78 is 15.0. The SMILES string of the molecule is CCNC(=NCc1ccc(OC)c(C(=O)OC)c1)NCCOC.I. The van der Waals surface area contributed by atoms with Gasteiger partial charge in [-0.3, -0.25) is 0 Å². The van der Waals surface area contributed by atoms with E-state index in [1.54, 1.807) is 19.2 Å². The van der Waals surface area contributed by atoms with Crippen LogP contribution in [0.5, 0.6) is 5.75 Å². The Kier molecular flexibility index (Phi) is 12.0. The van der Waals surface area contributed by atoms with Gasteiger partial charge in [0.05, 0.1) is 27.4 Å². The average Bonchev–Trinajstić information content (AvgIpc) is 2.58. The number of guanidine groups is 1. The summed E-state index contributed by atoms with van der Waals surface area (Å²) >= 11 is 0. The van der Waals surface area contributed by atoms with Gasteiger partial charge in [-0.05, 0) is 24.6 Å². The van der Waals surface area contributed by atoms with Crippen molar-refractivity contribution in [2.24, 2.45) is 4.99 Å². The summed E-state index contributed by atoms with van der Waals surface area (Å²) in [5.74, 6) is 0.743. The van der Waals surface area contributed by atoms with Crippen molar-refractivity contribution >= 4 is 35.9 Å². The van der Waals surface area contributed by atoms with Crippen LogP contribution < -0.4 is 15.4 Å². The van der Waals surface area contributed by atoms with Crippen molar-refractivity contribution < 1.29 is 19.0 Å². The molecule has 0 aliphatic rings. The third-order valence-electron chi connectivity index (χ3n) is 3.03. The minimum atomic E-state index is -0.433. The highest BCUT2D eigenvalue weighted by molar-refractivity contribution is 14.0. The fourth-order valence-electron chi connectivity index (χ4n) is 1.91. The number of halogens is 1. The van der Waals surface area contributed by atoms with Gasteiger partial charge in [-0.2, -0.15) is 0 Å². The third kappa shape index (κ3) is 7.35. The van der Waals surface area contributed by atoms with Crippen LogP contribution in [0.4, 0.5) is 0 Å². The number of methoxy groups -OCH3 is 3. The minimum Gasteiger partial charge on any atom is -0.496 e. The topological polar surface area (TPSA) is 81.2 Å². The lowest BCUT2D eigenvalue weighted by Crippen LogP contribution is -2.38. The van der Waals surface area contributed by atoms with Crippen LogP contribution in [0.25, 0.3) is 0 Å². The first-order valence-electron chi connectivity index (χ1n) is 7.42. The molecule has 0 aliphatic carbocycles. The van der Waals surface area contributed by atoms with E-state index in [1.807, 2.05) is 13.0 Å². The molecule has 1 rings (SSSR count). The maximum absolute atomic E-state index is 11.8. The molecule has 1 aromatic rings. The number of benzene rings is 1. The predicted octanol–water partition coefficient (Wildman–Crippen LogP) is 1.80. The van der Waals surface area contributed by atoms with Crippen molar-refractivity contribution in [3.05, 3.63) is 29.3 Å². The lowest BCUT2D eigenvalue weighted by atomic mass is 10.1. The molecule has 0 unspecified atom stereocenters. The Labute approximate surface area is 160 Å². The number of rotatable bonds is 8. The van der Waals surface area contributed by atoms with Crippen LogP contribution in [-0.4, -0.2) is 53.0 Å². The highest BCUT2D eigenvalue weighted by atomic mass is 127. The molecule has 0 fully saturated rings. The molecule has 0 atom stereocenters. The molecule has 2 N–H and O–H groups in total. The van der Waals surface area contributed by atoms with Crippen LogP contribution >= 0.6 is 24.0 Å². The van der Waals surface area contributed by atoms with Gasteiger partial charge < -0.3 is 24.8 Å². The van der Waals surface area contributed by atoms with Crippen LogP contribution in [0.15, 0.2) is 23.2 Å². The summed E-state index contributed by atoms with van der Waals surface area (Å²) in [5.41, 5.74) is 1.27. The summed E-state index contributed by atoms with van der Waals surface area (Å²) in [5, 5.41) is 6.31. The highest BCUT2D eigenvalue weighted by Crippen LogP contribution is 2.21. The zero-order valence-electron chi connectivity index (χ0n) is 14.5. The van der Waals surface area contributed by atoms with Crippen LogP contribution in [0.1, 0.15) is 22.8 Å². The first-order chi connectivity index (χ1) is 11.2. The molecule has 7 nitrogen and oxygen atoms in total. The second kappa shape index (κ2) is 12.8. The molecule has 8 heteroatoms. The van der Waals surface area contributed by atoms with E-state index in [-0.39, 0.29) is 24.0 Å². The van der Waals surface area contributed by atoms with Gasteiger partial charge in [-0.25, -0.2) is 9.79 Å². The van der Waals surface area contributed by atoms with Crippen molar-refractivity contribution in [3.63, 3.8) is 0 Å². The van der Waals surface area contributed by atoms with Gasteiger partial charge in [0.1, 0.15) is 11.3 Å². The standard InChI is InChI=1S/C16H25N3O4.HI/c1-5-17-16(18-8-9-21-2)19-11-12-6-7-14(22-3)13(10-12)15(20)23-4;/h6-7,10H,5,8-9,11H2,1-4H3,(H2,17,18,19);1H. The molecule has 0 spiro atoms. The second-order valence-electron chi connectivity index (χ2n) is 4.64. The fraction of sp³-hybridized carbons (Fsp3) is 0.500. The Hall–Kier alpha value is -1.55. The average molecular weight is 451 g/mol. The molecule has 0 heterocycles. The van der Waals surface area contributed by atoms with Crippen molar-refractivity contribution in [2.45, 2.75) is 13.5 Å². The van der Waals surface area contributed by atoms with Gasteiger partial charge in [-0.1, -0.05) is 6.07 Å². The van der Waals surface area contributed by atoms with Gasteiger partial charge in [0.15, 0.2) is 5.96 Å². The van der Waals surface area contributed by atoms with Gasteiger partial charge in [0, 0.05) is 20.2 Å². The molecule has 0 aliphatic heterocycles. The number of ether oxygens (including phenoxy) is 3. The Morgan fingerprint density at radius 2 is 1.96 bits per heavy atom. The number of nitrogens with one attached hydrogen (secondary N) is 2. The number of carbonyl (C=O) groups is 1. The number of hydrogen-bond acceptors (Lipinski definition) is 5. The van der Waals surface area contributed by atoms with Crippen molar-refractivity contribution in [3.8, 4) is 5.75 Å². The van der Waals surface area contributed by atoms with Crippen LogP contribution in [0.2, 0.25) is 0 Å².